The molecule has 24 heavy (non-hydrogen) atoms. The number of aromatic nitrogens is 3. The first-order valence-corrected chi connectivity index (χ1v) is 8.66. The number of rotatable bonds is 6. The van der Waals surface area contributed by atoms with Crippen LogP contribution in [0.15, 0.2) is 36.0 Å². The van der Waals surface area contributed by atoms with E-state index in [4.69, 9.17) is 51.2 Å². The van der Waals surface area contributed by atoms with Crippen molar-refractivity contribution in [2.24, 2.45) is 10.6 Å². The average Bonchev–Trinajstić information content (AvgIpc) is 2.86. The second-order valence-corrected chi connectivity index (χ2v) is 8.30. The fraction of sp³-hybridized carbons (Fsp3) is 0.400. The molecule has 5 nitrogen and oxygen atoms in total. The van der Waals surface area contributed by atoms with Gasteiger partial charge in [-0.1, -0.05) is 35.3 Å². The van der Waals surface area contributed by atoms with E-state index >= 15 is 0 Å². The molecule has 1 saturated carbocycles. The third kappa shape index (κ3) is 3.80. The van der Waals surface area contributed by atoms with Crippen molar-refractivity contribution in [2.75, 3.05) is 6.61 Å². The summed E-state index contributed by atoms with van der Waals surface area (Å²) in [4.78, 5) is 9.43. The predicted octanol–water partition coefficient (Wildman–Crippen LogP) is 4.59. The summed E-state index contributed by atoms with van der Waals surface area (Å²) in [6.07, 6.45) is 3.70. The second kappa shape index (κ2) is 6.71. The van der Waals surface area contributed by atoms with E-state index in [-0.39, 0.29) is 5.41 Å². The van der Waals surface area contributed by atoms with Crippen molar-refractivity contribution >= 4 is 52.1 Å². The van der Waals surface area contributed by atoms with Gasteiger partial charge in [-0.25, -0.2) is 9.67 Å². The van der Waals surface area contributed by atoms with E-state index in [1.54, 1.807) is 29.2 Å². The van der Waals surface area contributed by atoms with Gasteiger partial charge in [0.15, 0.2) is 0 Å². The van der Waals surface area contributed by atoms with Gasteiger partial charge in [0.25, 0.3) is 0 Å². The van der Waals surface area contributed by atoms with Gasteiger partial charge in [0, 0.05) is 16.0 Å². The molecule has 0 aliphatic heterocycles. The summed E-state index contributed by atoms with van der Waals surface area (Å²) < 4.78 is 0.867. The minimum absolute atomic E-state index is 0.304. The number of hydrogen-bond donors (Lipinski definition) is 0. The smallest absolute Gasteiger partial charge is 0.137 e. The zero-order valence-corrected chi connectivity index (χ0v) is 15.7. The van der Waals surface area contributed by atoms with E-state index in [1.165, 1.54) is 6.33 Å². The van der Waals surface area contributed by atoms with Crippen molar-refractivity contribution < 1.29 is 4.84 Å². The van der Waals surface area contributed by atoms with E-state index in [1.807, 2.05) is 6.92 Å². The summed E-state index contributed by atoms with van der Waals surface area (Å²) in [5, 5.41) is 9.34. The molecule has 1 aliphatic carbocycles. The zero-order chi connectivity index (χ0) is 17.4. The topological polar surface area (TPSA) is 52.3 Å². The maximum absolute atomic E-state index is 6.28. The molecular weight excluding hydrogens is 394 g/mol. The number of benzene rings is 1. The van der Waals surface area contributed by atoms with Crippen molar-refractivity contribution in [2.45, 2.75) is 24.2 Å². The number of halogens is 4. The summed E-state index contributed by atoms with van der Waals surface area (Å²) in [5.41, 5.74) is 1.00. The summed E-state index contributed by atoms with van der Waals surface area (Å²) in [7, 11) is 0. The largest absolute Gasteiger partial charge is 0.395 e. The summed E-state index contributed by atoms with van der Waals surface area (Å²) in [6, 6.07) is 5.18. The molecule has 2 aromatic rings. The van der Waals surface area contributed by atoms with Crippen LogP contribution in [0.1, 0.15) is 18.9 Å². The van der Waals surface area contributed by atoms with Crippen LogP contribution in [-0.4, -0.2) is 31.4 Å². The van der Waals surface area contributed by atoms with Crippen molar-refractivity contribution in [3.63, 3.8) is 0 Å². The van der Waals surface area contributed by atoms with E-state index < -0.39 is 4.33 Å². The Kier molecular flexibility index (Phi) is 4.98. The maximum atomic E-state index is 6.28. The monoisotopic (exact) mass is 406 g/mol. The Morgan fingerprint density at radius 3 is 2.71 bits per heavy atom. The van der Waals surface area contributed by atoms with Gasteiger partial charge in [-0.2, -0.15) is 5.10 Å². The van der Waals surface area contributed by atoms with E-state index in [0.717, 1.165) is 0 Å². The minimum atomic E-state index is -0.757. The molecule has 0 radical (unpaired) electrons. The molecule has 0 amide bonds. The highest BCUT2D eigenvalue weighted by atomic mass is 35.5. The zero-order valence-electron chi connectivity index (χ0n) is 12.7. The summed E-state index contributed by atoms with van der Waals surface area (Å²) in [5.74, 6) is 0. The van der Waals surface area contributed by atoms with Crippen molar-refractivity contribution in [1.82, 2.24) is 14.8 Å². The molecule has 3 rings (SSSR count). The fourth-order valence-electron chi connectivity index (χ4n) is 2.21. The van der Waals surface area contributed by atoms with Gasteiger partial charge in [-0.3, -0.25) is 0 Å². The van der Waals surface area contributed by atoms with Gasteiger partial charge in [0.05, 0.1) is 11.6 Å². The molecule has 1 atom stereocenters. The van der Waals surface area contributed by atoms with Crippen LogP contribution in [0.5, 0.6) is 0 Å². The first-order chi connectivity index (χ1) is 11.3. The van der Waals surface area contributed by atoms with Crippen molar-refractivity contribution in [3.05, 3.63) is 46.5 Å². The standard InChI is InChI=1S/C15H14Cl4N4O/c1-14(6-15(14,18)19)7-24-22-13(5-23-9-20-8-21-23)11-3-2-10(16)4-12(11)17/h2-4,8-9H,5-7H2,1H3. The first kappa shape index (κ1) is 17.8. The minimum Gasteiger partial charge on any atom is -0.395 e. The van der Waals surface area contributed by atoms with Crippen LogP contribution in [0.25, 0.3) is 0 Å². The molecule has 1 aliphatic rings. The maximum Gasteiger partial charge on any atom is 0.137 e. The SMILES string of the molecule is CC1(CON=C(Cn2cncn2)c2ccc(Cl)cc2Cl)CC1(Cl)Cl. The van der Waals surface area contributed by atoms with Gasteiger partial charge in [-0.05, 0) is 24.6 Å². The number of oxime groups is 1. The molecule has 1 fully saturated rings. The van der Waals surface area contributed by atoms with Crippen molar-refractivity contribution in [3.8, 4) is 0 Å². The van der Waals surface area contributed by atoms with Crippen LogP contribution in [0.4, 0.5) is 0 Å². The summed E-state index contributed by atoms with van der Waals surface area (Å²) in [6.45, 7) is 2.62. The summed E-state index contributed by atoms with van der Waals surface area (Å²) >= 11 is 24.5. The second-order valence-electron chi connectivity index (χ2n) is 5.97. The highest BCUT2D eigenvalue weighted by Gasteiger charge is 2.63. The Balaban J connectivity index is 1.80. The third-order valence-corrected chi connectivity index (χ3v) is 5.68. The molecule has 0 spiro atoms. The van der Waals surface area contributed by atoms with E-state index in [0.29, 0.717) is 40.9 Å². The lowest BCUT2D eigenvalue weighted by Crippen LogP contribution is -2.16. The van der Waals surface area contributed by atoms with E-state index in [2.05, 4.69) is 15.2 Å². The Bertz CT molecular complexity index is 763. The molecule has 0 saturated heterocycles. The van der Waals surface area contributed by atoms with Gasteiger partial charge in [0.1, 0.15) is 29.3 Å². The van der Waals surface area contributed by atoms with Crippen LogP contribution >= 0.6 is 46.4 Å². The molecule has 0 N–H and O–H groups in total. The van der Waals surface area contributed by atoms with Gasteiger partial charge < -0.3 is 4.84 Å². The molecule has 1 unspecified atom stereocenters. The molecular formula is C15H14Cl4N4O. The van der Waals surface area contributed by atoms with Gasteiger partial charge in [0.2, 0.25) is 0 Å². The molecule has 0 bridgehead atoms. The number of alkyl halides is 2. The average molecular weight is 408 g/mol. The number of nitrogens with zero attached hydrogens (tertiary/aromatic N) is 4. The van der Waals surface area contributed by atoms with Crippen LogP contribution in [0, 0.1) is 5.41 Å². The Morgan fingerprint density at radius 2 is 2.12 bits per heavy atom. The molecule has 9 heteroatoms. The van der Waals surface area contributed by atoms with Crippen LogP contribution in [-0.2, 0) is 11.4 Å². The van der Waals surface area contributed by atoms with E-state index in [9.17, 15) is 0 Å². The highest BCUT2D eigenvalue weighted by Crippen LogP contribution is 2.63. The molecule has 1 heterocycles. The van der Waals surface area contributed by atoms with Crippen molar-refractivity contribution in [1.29, 1.82) is 0 Å². The lowest BCUT2D eigenvalue weighted by Gasteiger charge is -2.12. The molecule has 1 aromatic heterocycles. The lowest BCUT2D eigenvalue weighted by molar-refractivity contribution is 0.102. The van der Waals surface area contributed by atoms with Gasteiger partial charge >= 0.3 is 0 Å². The molecule has 1 aromatic carbocycles. The first-order valence-electron chi connectivity index (χ1n) is 7.15. The highest BCUT2D eigenvalue weighted by molar-refractivity contribution is 6.51. The van der Waals surface area contributed by atoms with Crippen LogP contribution < -0.4 is 0 Å². The van der Waals surface area contributed by atoms with Gasteiger partial charge in [-0.15, -0.1) is 23.2 Å². The third-order valence-electron chi connectivity index (χ3n) is 3.95. The molecule has 128 valence electrons. The Hall–Kier alpha value is -1.01. The predicted molar refractivity (Wildman–Crippen MR) is 96.1 cm³/mol. The quantitative estimate of drug-likeness (QED) is 0.399. The normalized spacial score (nSPS) is 22.5. The van der Waals surface area contributed by atoms with Crippen LogP contribution in [0.2, 0.25) is 10.0 Å². The lowest BCUT2D eigenvalue weighted by atomic mass is 10.1. The van der Waals surface area contributed by atoms with Crippen LogP contribution in [0.3, 0.4) is 0 Å². The fourth-order valence-corrected chi connectivity index (χ4v) is 3.43. The number of hydrogen-bond acceptors (Lipinski definition) is 4. The Labute approximate surface area is 159 Å². The Morgan fingerprint density at radius 1 is 1.38 bits per heavy atom.